The second kappa shape index (κ2) is 4.38. The average Bonchev–Trinajstić information content (AvgIpc) is 2.81. The van der Waals surface area contributed by atoms with Crippen molar-refractivity contribution in [2.75, 3.05) is 0 Å². The van der Waals surface area contributed by atoms with Gasteiger partial charge in [0.15, 0.2) is 5.65 Å². The molecule has 3 rings (SSSR count). The highest BCUT2D eigenvalue weighted by atomic mass is 79.9. The molecule has 0 spiro atoms. The van der Waals surface area contributed by atoms with Crippen LogP contribution in [0.3, 0.4) is 0 Å². The standard InChI is InChI=1S/C14H10BrN3/c1-10(11-5-3-2-4-6-11)18-8-7-12-14(18)16-9-13(15)17-12/h2-9H,1H2. The van der Waals surface area contributed by atoms with E-state index >= 15 is 0 Å². The van der Waals surface area contributed by atoms with E-state index in [1.54, 1.807) is 6.20 Å². The Morgan fingerprint density at radius 3 is 2.72 bits per heavy atom. The largest absolute Gasteiger partial charge is 0.300 e. The number of halogens is 1. The molecule has 0 saturated carbocycles. The molecule has 0 aliphatic rings. The molecule has 4 heteroatoms. The fraction of sp³-hybridized carbons (Fsp3) is 0. The molecule has 0 bridgehead atoms. The molecule has 0 saturated heterocycles. The van der Waals surface area contributed by atoms with E-state index in [1.807, 2.05) is 47.2 Å². The molecule has 0 radical (unpaired) electrons. The molecule has 0 unspecified atom stereocenters. The molecular formula is C14H10BrN3. The lowest BCUT2D eigenvalue weighted by atomic mass is 10.2. The normalized spacial score (nSPS) is 10.7. The van der Waals surface area contributed by atoms with Gasteiger partial charge in [0.25, 0.3) is 0 Å². The summed E-state index contributed by atoms with van der Waals surface area (Å²) in [5, 5.41) is 0. The van der Waals surface area contributed by atoms with Crippen molar-refractivity contribution in [1.29, 1.82) is 0 Å². The average molecular weight is 300 g/mol. The molecule has 0 aliphatic carbocycles. The minimum absolute atomic E-state index is 0.734. The van der Waals surface area contributed by atoms with E-state index in [0.29, 0.717) is 0 Å². The Hall–Kier alpha value is -1.94. The minimum atomic E-state index is 0.734. The number of benzene rings is 1. The highest BCUT2D eigenvalue weighted by molar-refractivity contribution is 9.10. The molecule has 0 fully saturated rings. The molecule has 1 aromatic carbocycles. The van der Waals surface area contributed by atoms with Crippen LogP contribution in [-0.2, 0) is 0 Å². The molecule has 18 heavy (non-hydrogen) atoms. The van der Waals surface area contributed by atoms with Crippen LogP contribution in [-0.4, -0.2) is 14.5 Å². The van der Waals surface area contributed by atoms with E-state index in [-0.39, 0.29) is 0 Å². The maximum Gasteiger partial charge on any atom is 0.163 e. The van der Waals surface area contributed by atoms with Gasteiger partial charge in [-0.15, -0.1) is 0 Å². The summed E-state index contributed by atoms with van der Waals surface area (Å²) >= 11 is 3.32. The highest BCUT2D eigenvalue weighted by Crippen LogP contribution is 2.21. The van der Waals surface area contributed by atoms with Crippen molar-refractivity contribution in [1.82, 2.24) is 14.5 Å². The maximum absolute atomic E-state index is 4.38. The van der Waals surface area contributed by atoms with Crippen molar-refractivity contribution in [3.63, 3.8) is 0 Å². The first-order valence-corrected chi connectivity index (χ1v) is 6.29. The molecule has 2 aromatic heterocycles. The second-order valence-electron chi connectivity index (χ2n) is 3.90. The van der Waals surface area contributed by atoms with Crippen LogP contribution in [0, 0.1) is 0 Å². The van der Waals surface area contributed by atoms with Crippen molar-refractivity contribution in [3.05, 3.63) is 65.5 Å². The molecule has 0 N–H and O–H groups in total. The van der Waals surface area contributed by atoms with Crippen LogP contribution in [0.5, 0.6) is 0 Å². The lowest BCUT2D eigenvalue weighted by Crippen LogP contribution is -1.97. The van der Waals surface area contributed by atoms with Gasteiger partial charge in [0.05, 0.1) is 6.20 Å². The summed E-state index contributed by atoms with van der Waals surface area (Å²) in [7, 11) is 0. The quantitative estimate of drug-likeness (QED) is 0.722. The summed E-state index contributed by atoms with van der Waals surface area (Å²) in [5.74, 6) is 0. The molecule has 2 heterocycles. The monoisotopic (exact) mass is 299 g/mol. The van der Waals surface area contributed by atoms with Crippen molar-refractivity contribution >= 4 is 32.8 Å². The van der Waals surface area contributed by atoms with Gasteiger partial charge in [0.2, 0.25) is 0 Å². The van der Waals surface area contributed by atoms with Gasteiger partial charge in [-0.25, -0.2) is 9.97 Å². The van der Waals surface area contributed by atoms with Crippen LogP contribution in [0.1, 0.15) is 5.56 Å². The predicted molar refractivity (Wildman–Crippen MR) is 76.1 cm³/mol. The topological polar surface area (TPSA) is 30.7 Å². The number of fused-ring (bicyclic) bond motifs is 1. The summed E-state index contributed by atoms with van der Waals surface area (Å²) in [6, 6.07) is 12.0. The maximum atomic E-state index is 4.38. The fourth-order valence-electron chi connectivity index (χ4n) is 1.88. The van der Waals surface area contributed by atoms with E-state index in [2.05, 4.69) is 32.5 Å². The molecule has 0 amide bonds. The fourth-order valence-corrected chi connectivity index (χ4v) is 2.17. The third-order valence-electron chi connectivity index (χ3n) is 2.76. The Morgan fingerprint density at radius 2 is 1.94 bits per heavy atom. The van der Waals surface area contributed by atoms with Crippen LogP contribution >= 0.6 is 15.9 Å². The zero-order chi connectivity index (χ0) is 12.5. The van der Waals surface area contributed by atoms with Gasteiger partial charge in [-0.2, -0.15) is 0 Å². The first kappa shape index (κ1) is 11.2. The smallest absolute Gasteiger partial charge is 0.163 e. The van der Waals surface area contributed by atoms with Gasteiger partial charge in [0, 0.05) is 11.9 Å². The second-order valence-corrected chi connectivity index (χ2v) is 4.71. The first-order chi connectivity index (χ1) is 8.75. The Kier molecular flexibility index (Phi) is 2.72. The van der Waals surface area contributed by atoms with Crippen LogP contribution in [0.4, 0.5) is 0 Å². The van der Waals surface area contributed by atoms with Crippen molar-refractivity contribution in [3.8, 4) is 0 Å². The van der Waals surface area contributed by atoms with Gasteiger partial charge in [-0.3, -0.25) is 4.57 Å². The minimum Gasteiger partial charge on any atom is -0.300 e. The molecule has 3 nitrogen and oxygen atoms in total. The lowest BCUT2D eigenvalue weighted by molar-refractivity contribution is 1.11. The first-order valence-electron chi connectivity index (χ1n) is 5.50. The summed E-state index contributed by atoms with van der Waals surface area (Å²) in [6.45, 7) is 4.12. The van der Waals surface area contributed by atoms with Gasteiger partial charge in [-0.1, -0.05) is 36.9 Å². The van der Waals surface area contributed by atoms with Crippen LogP contribution in [0.25, 0.3) is 16.9 Å². The summed E-state index contributed by atoms with van der Waals surface area (Å²) in [6.07, 6.45) is 3.63. The lowest BCUT2D eigenvalue weighted by Gasteiger charge is -2.08. The zero-order valence-corrected chi connectivity index (χ0v) is 11.1. The van der Waals surface area contributed by atoms with Gasteiger partial charge in [0.1, 0.15) is 10.1 Å². The molecule has 88 valence electrons. The summed E-state index contributed by atoms with van der Waals surface area (Å²) in [4.78, 5) is 8.74. The SMILES string of the molecule is C=C(c1ccccc1)n1ccc2nc(Br)cnc21. The van der Waals surface area contributed by atoms with E-state index < -0.39 is 0 Å². The van der Waals surface area contributed by atoms with E-state index in [4.69, 9.17) is 0 Å². The van der Waals surface area contributed by atoms with Crippen LogP contribution < -0.4 is 0 Å². The predicted octanol–water partition coefficient (Wildman–Crippen LogP) is 3.71. The number of aromatic nitrogens is 3. The number of rotatable bonds is 2. The Balaban J connectivity index is 2.13. The molecule has 3 aromatic rings. The molecular weight excluding hydrogens is 290 g/mol. The zero-order valence-electron chi connectivity index (χ0n) is 9.55. The van der Waals surface area contributed by atoms with Crippen molar-refractivity contribution < 1.29 is 0 Å². The number of hydrogen-bond acceptors (Lipinski definition) is 2. The number of nitrogens with zero attached hydrogens (tertiary/aromatic N) is 3. The van der Waals surface area contributed by atoms with E-state index in [9.17, 15) is 0 Å². The van der Waals surface area contributed by atoms with Crippen LogP contribution in [0.2, 0.25) is 0 Å². The van der Waals surface area contributed by atoms with Crippen molar-refractivity contribution in [2.24, 2.45) is 0 Å². The highest BCUT2D eigenvalue weighted by Gasteiger charge is 2.08. The van der Waals surface area contributed by atoms with Crippen LogP contribution in [0.15, 0.2) is 60.0 Å². The Morgan fingerprint density at radius 1 is 1.17 bits per heavy atom. The van der Waals surface area contributed by atoms with Gasteiger partial charge >= 0.3 is 0 Å². The summed E-state index contributed by atoms with van der Waals surface area (Å²) in [5.41, 5.74) is 3.62. The van der Waals surface area contributed by atoms with E-state index in [1.165, 1.54) is 0 Å². The molecule has 0 atom stereocenters. The number of hydrogen-bond donors (Lipinski definition) is 0. The van der Waals surface area contributed by atoms with E-state index in [0.717, 1.165) is 27.0 Å². The summed E-state index contributed by atoms with van der Waals surface area (Å²) < 4.78 is 2.68. The third kappa shape index (κ3) is 1.84. The Bertz CT molecular complexity index is 716. The van der Waals surface area contributed by atoms with Gasteiger partial charge in [-0.05, 0) is 27.6 Å². The molecule has 0 aliphatic heterocycles. The third-order valence-corrected chi connectivity index (χ3v) is 3.14. The van der Waals surface area contributed by atoms with Gasteiger partial charge < -0.3 is 0 Å². The Labute approximate surface area is 113 Å². The van der Waals surface area contributed by atoms with Crippen molar-refractivity contribution in [2.45, 2.75) is 0 Å².